The minimum absolute atomic E-state index is 0.0921. The van der Waals surface area contributed by atoms with Crippen molar-refractivity contribution in [3.8, 4) is 6.19 Å². The van der Waals surface area contributed by atoms with Crippen LogP contribution in [0.5, 0.6) is 0 Å². The lowest BCUT2D eigenvalue weighted by atomic mass is 10.00. The number of benzene rings is 4. The van der Waals surface area contributed by atoms with Crippen molar-refractivity contribution in [2.75, 3.05) is 19.6 Å². The normalized spacial score (nSPS) is 15.9. The predicted molar refractivity (Wildman–Crippen MR) is 147 cm³/mol. The van der Waals surface area contributed by atoms with Gasteiger partial charge < -0.3 is 9.80 Å². The molecule has 1 saturated heterocycles. The van der Waals surface area contributed by atoms with Crippen molar-refractivity contribution in [3.05, 3.63) is 114 Å². The standard InChI is InChI=1S/C31H29N5O/c1-23-9-5-8-14-28(23)34-31(33-22-32)35-17-18-36(29(21-35)26-11-3-2-4-12-26)30(37)20-24-15-16-25-10-6-7-13-27(25)19-24/h2-16,19,29H,17-18,20-21H2,1H3,(H,33,34). The lowest BCUT2D eigenvalue weighted by Crippen LogP contribution is -2.54. The van der Waals surface area contributed by atoms with E-state index in [-0.39, 0.29) is 11.9 Å². The van der Waals surface area contributed by atoms with Crippen molar-refractivity contribution >= 4 is 28.3 Å². The molecule has 6 heteroatoms. The first-order valence-electron chi connectivity index (χ1n) is 12.5. The summed E-state index contributed by atoms with van der Waals surface area (Å²) in [4.78, 5) is 22.4. The molecule has 1 aliphatic rings. The molecule has 1 N–H and O–H groups in total. The van der Waals surface area contributed by atoms with E-state index in [0.717, 1.165) is 27.8 Å². The van der Waals surface area contributed by atoms with Crippen LogP contribution < -0.4 is 5.32 Å². The Kier molecular flexibility index (Phi) is 7.14. The van der Waals surface area contributed by atoms with E-state index in [4.69, 9.17) is 4.99 Å². The Morgan fingerprint density at radius 1 is 0.946 bits per heavy atom. The summed E-state index contributed by atoms with van der Waals surface area (Å²) in [5.74, 6) is 0.591. The molecule has 1 amide bonds. The fourth-order valence-electron chi connectivity index (χ4n) is 4.89. The van der Waals surface area contributed by atoms with Gasteiger partial charge in [-0.1, -0.05) is 91.0 Å². The maximum atomic E-state index is 13.6. The number of piperazine rings is 1. The molecular formula is C31H29N5O. The molecule has 0 saturated carbocycles. The summed E-state index contributed by atoms with van der Waals surface area (Å²) in [6, 6.07) is 32.2. The fourth-order valence-corrected chi connectivity index (χ4v) is 4.89. The molecule has 0 aliphatic carbocycles. The summed E-state index contributed by atoms with van der Waals surface area (Å²) in [6.45, 7) is 3.64. The Balaban J connectivity index is 1.41. The summed E-state index contributed by atoms with van der Waals surface area (Å²) in [7, 11) is 0. The molecule has 0 radical (unpaired) electrons. The maximum absolute atomic E-state index is 13.6. The number of aliphatic imine (C=N–C) groups is 1. The highest BCUT2D eigenvalue weighted by Gasteiger charge is 2.33. The molecule has 1 heterocycles. The molecule has 37 heavy (non-hydrogen) atoms. The van der Waals surface area contributed by atoms with Gasteiger partial charge in [0.05, 0.1) is 18.2 Å². The number of carbonyl (C=O) groups excluding carboxylic acids is 1. The van der Waals surface area contributed by atoms with Gasteiger partial charge in [-0.3, -0.25) is 10.1 Å². The molecule has 0 aromatic heterocycles. The van der Waals surface area contributed by atoms with Gasteiger partial charge in [0.15, 0.2) is 6.19 Å². The zero-order valence-electron chi connectivity index (χ0n) is 20.8. The first-order valence-corrected chi connectivity index (χ1v) is 12.5. The zero-order valence-corrected chi connectivity index (χ0v) is 20.8. The Morgan fingerprint density at radius 3 is 2.46 bits per heavy atom. The van der Waals surface area contributed by atoms with Crippen LogP contribution in [0, 0.1) is 18.4 Å². The van der Waals surface area contributed by atoms with Gasteiger partial charge in [-0.15, -0.1) is 0 Å². The number of nitrogens with one attached hydrogen (secondary N) is 1. The molecule has 1 fully saturated rings. The molecule has 4 aromatic carbocycles. The van der Waals surface area contributed by atoms with Gasteiger partial charge >= 0.3 is 0 Å². The van der Waals surface area contributed by atoms with Crippen molar-refractivity contribution in [2.45, 2.75) is 19.4 Å². The minimum atomic E-state index is -0.162. The summed E-state index contributed by atoms with van der Waals surface area (Å²) in [5, 5.41) is 14.5. The van der Waals surface area contributed by atoms with Gasteiger partial charge in [-0.2, -0.15) is 5.26 Å². The number of hydrogen-bond acceptors (Lipinski definition) is 3. The molecule has 6 nitrogen and oxygen atoms in total. The van der Waals surface area contributed by atoms with Gasteiger partial charge in [-0.05, 0) is 40.5 Å². The van der Waals surface area contributed by atoms with Crippen molar-refractivity contribution < 1.29 is 4.79 Å². The van der Waals surface area contributed by atoms with Gasteiger partial charge in [0.1, 0.15) is 0 Å². The third-order valence-corrected chi connectivity index (χ3v) is 6.86. The Morgan fingerprint density at radius 2 is 1.68 bits per heavy atom. The second-order valence-electron chi connectivity index (χ2n) is 9.28. The highest BCUT2D eigenvalue weighted by Crippen LogP contribution is 2.28. The van der Waals surface area contributed by atoms with Crippen LogP contribution in [-0.2, 0) is 11.2 Å². The van der Waals surface area contributed by atoms with E-state index in [2.05, 4.69) is 46.6 Å². The largest absolute Gasteiger partial charge is 0.338 e. The first-order chi connectivity index (χ1) is 18.1. The third kappa shape index (κ3) is 5.46. The number of fused-ring (bicyclic) bond motifs is 1. The van der Waals surface area contributed by atoms with Crippen LogP contribution in [0.25, 0.3) is 10.8 Å². The Labute approximate surface area is 217 Å². The molecule has 184 valence electrons. The van der Waals surface area contributed by atoms with E-state index in [1.807, 2.05) is 78.7 Å². The lowest BCUT2D eigenvalue weighted by Gasteiger charge is -2.42. The number of nitriles is 1. The average Bonchev–Trinajstić information content (AvgIpc) is 2.94. The fraction of sp³-hybridized carbons (Fsp3) is 0.194. The van der Waals surface area contributed by atoms with Crippen LogP contribution in [0.1, 0.15) is 22.7 Å². The van der Waals surface area contributed by atoms with Crippen LogP contribution in [0.4, 0.5) is 5.69 Å². The molecule has 4 aromatic rings. The highest BCUT2D eigenvalue weighted by atomic mass is 16.2. The molecule has 1 atom stereocenters. The van der Waals surface area contributed by atoms with Gasteiger partial charge in [0.2, 0.25) is 11.9 Å². The molecule has 0 spiro atoms. The van der Waals surface area contributed by atoms with Crippen molar-refractivity contribution in [3.63, 3.8) is 0 Å². The average molecular weight is 488 g/mol. The first kappa shape index (κ1) is 24.1. The van der Waals surface area contributed by atoms with Crippen LogP contribution in [0.15, 0.2) is 102 Å². The molecule has 1 aliphatic heterocycles. The number of guanidine groups is 1. The van der Waals surface area contributed by atoms with E-state index in [9.17, 15) is 10.1 Å². The number of amides is 1. The molecule has 5 rings (SSSR count). The quantitative estimate of drug-likeness (QED) is 0.183. The maximum Gasteiger partial charge on any atom is 0.227 e. The summed E-state index contributed by atoms with van der Waals surface area (Å²) in [6.07, 6.45) is 2.38. The SMILES string of the molecule is Cc1ccccc1N=C(NC#N)N1CCN(C(=O)Cc2ccc3ccccc3c2)C(c2ccccc2)C1. The number of hydrogen-bond donors (Lipinski definition) is 1. The third-order valence-electron chi connectivity index (χ3n) is 6.86. The summed E-state index contributed by atoms with van der Waals surface area (Å²) >= 11 is 0. The van der Waals surface area contributed by atoms with E-state index in [1.54, 1.807) is 0 Å². The van der Waals surface area contributed by atoms with Crippen molar-refractivity contribution in [1.29, 1.82) is 5.26 Å². The second-order valence-corrected chi connectivity index (χ2v) is 9.28. The van der Waals surface area contributed by atoms with Crippen LogP contribution in [0.2, 0.25) is 0 Å². The monoisotopic (exact) mass is 487 g/mol. The number of aryl methyl sites for hydroxylation is 1. The van der Waals surface area contributed by atoms with Gasteiger partial charge in [-0.25, -0.2) is 4.99 Å². The van der Waals surface area contributed by atoms with E-state index < -0.39 is 0 Å². The van der Waals surface area contributed by atoms with Crippen LogP contribution in [-0.4, -0.2) is 41.3 Å². The number of nitrogens with zero attached hydrogens (tertiary/aromatic N) is 4. The van der Waals surface area contributed by atoms with Crippen molar-refractivity contribution in [1.82, 2.24) is 15.1 Å². The van der Waals surface area contributed by atoms with Gasteiger partial charge in [0.25, 0.3) is 0 Å². The Hall–Kier alpha value is -4.63. The number of carbonyl (C=O) groups is 1. The second kappa shape index (κ2) is 11.0. The molecular weight excluding hydrogens is 458 g/mol. The number of rotatable bonds is 4. The molecule has 0 bridgehead atoms. The van der Waals surface area contributed by atoms with Crippen LogP contribution in [0.3, 0.4) is 0 Å². The molecule has 1 unspecified atom stereocenters. The smallest absolute Gasteiger partial charge is 0.227 e. The predicted octanol–water partition coefficient (Wildman–Crippen LogP) is 5.33. The highest BCUT2D eigenvalue weighted by molar-refractivity contribution is 5.87. The topological polar surface area (TPSA) is 71.7 Å². The minimum Gasteiger partial charge on any atom is -0.338 e. The van der Waals surface area contributed by atoms with Crippen LogP contribution >= 0.6 is 0 Å². The van der Waals surface area contributed by atoms with Crippen molar-refractivity contribution in [2.24, 2.45) is 4.99 Å². The summed E-state index contributed by atoms with van der Waals surface area (Å²) in [5.41, 5.74) is 3.91. The summed E-state index contributed by atoms with van der Waals surface area (Å²) < 4.78 is 0. The number of para-hydroxylation sites is 1. The van der Waals surface area contributed by atoms with Gasteiger partial charge in [0, 0.05) is 19.6 Å². The Bertz CT molecular complexity index is 1470. The van der Waals surface area contributed by atoms with E-state index >= 15 is 0 Å². The zero-order chi connectivity index (χ0) is 25.6. The van der Waals surface area contributed by atoms with E-state index in [1.165, 1.54) is 5.39 Å². The lowest BCUT2D eigenvalue weighted by molar-refractivity contribution is -0.135. The van der Waals surface area contributed by atoms with E-state index in [0.29, 0.717) is 32.0 Å².